The molecular weight excluding hydrogens is 147 g/mol. The van der Waals surface area contributed by atoms with Crippen LogP contribution in [0.25, 0.3) is 0 Å². The van der Waals surface area contributed by atoms with E-state index in [0.717, 1.165) is 5.56 Å². The molecule has 0 radical (unpaired) electrons. The lowest BCUT2D eigenvalue weighted by Gasteiger charge is -1.95. The molecule has 0 saturated heterocycles. The topological polar surface area (TPSA) is 38.4 Å². The second kappa shape index (κ2) is 3.09. The van der Waals surface area contributed by atoms with Crippen molar-refractivity contribution in [2.45, 2.75) is 6.92 Å². The third-order valence-electron chi connectivity index (χ3n) is 1.32. The van der Waals surface area contributed by atoms with E-state index in [1.165, 1.54) is 12.1 Å². The number of aryl methyl sites for hydroxylation is 1. The molecule has 0 fully saturated rings. The van der Waals surface area contributed by atoms with Crippen molar-refractivity contribution in [1.29, 1.82) is 0 Å². The quantitative estimate of drug-likeness (QED) is 0.348. The summed E-state index contributed by atoms with van der Waals surface area (Å²) >= 11 is 0. The van der Waals surface area contributed by atoms with Crippen molar-refractivity contribution in [3.05, 3.63) is 35.0 Å². The molecule has 0 aliphatic rings. The molecule has 0 amide bonds. The zero-order chi connectivity index (χ0) is 8.27. The summed E-state index contributed by atoms with van der Waals surface area (Å²) < 4.78 is 11.4. The average molecular weight is 154 g/mol. The molecule has 0 spiro atoms. The molecule has 1 rings (SSSR count). The molecule has 0 atom stereocenters. The van der Waals surface area contributed by atoms with Gasteiger partial charge < -0.3 is 5.21 Å². The summed E-state index contributed by atoms with van der Waals surface area (Å²) in [5, 5.41) is 12.5. The Kier molecular flexibility index (Phi) is 2.15. The van der Waals surface area contributed by atoms with Crippen molar-refractivity contribution < 1.29 is 9.34 Å². The first kappa shape index (κ1) is 7.65. The molecule has 11 heavy (non-hydrogen) atoms. The summed E-state index contributed by atoms with van der Waals surface area (Å²) in [5.74, 6) is 0. The molecule has 0 unspecified atom stereocenters. The summed E-state index contributed by atoms with van der Waals surface area (Å²) in [6.07, 6.45) is 0. The monoisotopic (exact) mass is 154 g/mol. The fourth-order valence-corrected chi connectivity index (χ4v) is 0.716. The fraction of sp³-hybridized carbons (Fsp3) is 0.143. The Morgan fingerprint density at radius 2 is 1.91 bits per heavy atom. The number of hydrogen-bond donors (Lipinski definition) is 0. The maximum absolute atomic E-state index is 11.4. The molecule has 58 valence electrons. The van der Waals surface area contributed by atoms with E-state index in [1.807, 2.05) is 12.3 Å². The van der Waals surface area contributed by atoms with E-state index >= 15 is 0 Å². The Morgan fingerprint density at radius 1 is 1.36 bits per heavy atom. The second-order valence-electron chi connectivity index (χ2n) is 2.18. The molecule has 0 aliphatic carbocycles. The second-order valence-corrected chi connectivity index (χ2v) is 2.18. The first-order valence-electron chi connectivity index (χ1n) is 3.10. The third kappa shape index (κ3) is 1.73. The Bertz CT molecular complexity index is 268. The van der Waals surface area contributed by atoms with Gasteiger partial charge in [-0.15, -0.1) is 0 Å². The Labute approximate surface area is 63.3 Å². The van der Waals surface area contributed by atoms with Gasteiger partial charge in [0.05, 0.1) is 0 Å². The van der Waals surface area contributed by atoms with Crippen LogP contribution in [0.4, 0.5) is 10.2 Å². The highest BCUT2D eigenvalue weighted by Crippen LogP contribution is 2.11. The van der Waals surface area contributed by atoms with E-state index in [1.54, 1.807) is 12.1 Å². The summed E-state index contributed by atoms with van der Waals surface area (Å²) in [5.41, 5.74) is 1.21. The first-order chi connectivity index (χ1) is 5.24. The van der Waals surface area contributed by atoms with Crippen molar-refractivity contribution in [2.75, 3.05) is 0 Å². The fourth-order valence-electron chi connectivity index (χ4n) is 0.716. The lowest BCUT2D eigenvalue weighted by Crippen LogP contribution is -1.87. The Hall–Kier alpha value is -1.45. The number of nitrogens with zero attached hydrogens (tertiary/aromatic N) is 2. The maximum Gasteiger partial charge on any atom is 0.247 e. The molecule has 0 heterocycles. The normalized spacial score (nSPS) is 11.6. The Balaban J connectivity index is 2.99. The lowest BCUT2D eigenvalue weighted by atomic mass is 10.2. The van der Waals surface area contributed by atoms with Gasteiger partial charge in [0.2, 0.25) is 5.69 Å². The van der Waals surface area contributed by atoms with E-state index < -0.39 is 0 Å². The zero-order valence-corrected chi connectivity index (χ0v) is 5.99. The van der Waals surface area contributed by atoms with Crippen LogP contribution >= 0.6 is 0 Å². The Morgan fingerprint density at radius 3 is 2.36 bits per heavy atom. The van der Waals surface area contributed by atoms with Crippen molar-refractivity contribution >= 4 is 5.69 Å². The first-order valence-corrected chi connectivity index (χ1v) is 3.10. The molecule has 0 aromatic heterocycles. The largest absolute Gasteiger partial charge is 0.592 e. The van der Waals surface area contributed by atoms with Gasteiger partial charge >= 0.3 is 0 Å². The van der Waals surface area contributed by atoms with Crippen LogP contribution < -0.4 is 0 Å². The minimum absolute atomic E-state index is 0.0700. The third-order valence-corrected chi connectivity index (χ3v) is 1.32. The summed E-state index contributed by atoms with van der Waals surface area (Å²) in [6.45, 7) is 1.88. The lowest BCUT2D eigenvalue weighted by molar-refractivity contribution is -0.462. The highest BCUT2D eigenvalue weighted by atomic mass is 19.2. The molecule has 3 nitrogen and oxygen atoms in total. The van der Waals surface area contributed by atoms with Crippen LogP contribution in [-0.2, 0) is 0 Å². The van der Waals surface area contributed by atoms with Crippen LogP contribution in [0, 0.1) is 12.1 Å². The minimum atomic E-state index is -0.0700. The number of hydrogen-bond acceptors (Lipinski definition) is 2. The summed E-state index contributed by atoms with van der Waals surface area (Å²) in [4.78, 5) is -0.0700. The maximum atomic E-state index is 11.4. The van der Waals surface area contributed by atoms with Crippen molar-refractivity contribution in [3.8, 4) is 0 Å². The van der Waals surface area contributed by atoms with Gasteiger partial charge in [-0.3, -0.25) is 0 Å². The van der Waals surface area contributed by atoms with Crippen LogP contribution in [0.5, 0.6) is 0 Å². The van der Waals surface area contributed by atoms with Crippen LogP contribution in [0.15, 0.2) is 29.6 Å². The van der Waals surface area contributed by atoms with Gasteiger partial charge in [0.1, 0.15) is 0 Å². The van der Waals surface area contributed by atoms with E-state index in [2.05, 4.69) is 0 Å². The van der Waals surface area contributed by atoms with Crippen molar-refractivity contribution in [2.24, 2.45) is 5.34 Å². The predicted molar refractivity (Wildman–Crippen MR) is 38.0 cm³/mol. The molecule has 4 heteroatoms. The summed E-state index contributed by atoms with van der Waals surface area (Å²) in [7, 11) is 0. The van der Waals surface area contributed by atoms with E-state index in [0.29, 0.717) is 0 Å². The van der Waals surface area contributed by atoms with Crippen molar-refractivity contribution in [3.63, 3.8) is 0 Å². The van der Waals surface area contributed by atoms with Gasteiger partial charge in [0.25, 0.3) is 0 Å². The van der Waals surface area contributed by atoms with Crippen LogP contribution in [0.1, 0.15) is 5.56 Å². The SMILES string of the molecule is Cc1ccc(/[N+]([O-])=N/F)cc1. The standard InChI is InChI=1S/C7H7FN2O/c1-6-2-4-7(5-3-6)10(11)9-8/h2-5H,1H3/b10-9-. The number of halogens is 1. The zero-order valence-electron chi connectivity index (χ0n) is 5.99. The van der Waals surface area contributed by atoms with E-state index in [4.69, 9.17) is 0 Å². The smallest absolute Gasteiger partial charge is 0.247 e. The highest BCUT2D eigenvalue weighted by molar-refractivity contribution is 5.31. The molecule has 0 saturated carbocycles. The van der Waals surface area contributed by atoms with Crippen molar-refractivity contribution in [1.82, 2.24) is 0 Å². The summed E-state index contributed by atoms with van der Waals surface area (Å²) in [6, 6.07) is 6.44. The van der Waals surface area contributed by atoms with Gasteiger partial charge in [-0.1, -0.05) is 17.7 Å². The average Bonchev–Trinajstić information content (AvgIpc) is 2.05. The number of benzene rings is 1. The van der Waals surface area contributed by atoms with Gasteiger partial charge in [-0.2, -0.15) is 0 Å². The molecule has 0 aliphatic heterocycles. The number of rotatable bonds is 1. The van der Waals surface area contributed by atoms with Gasteiger partial charge in [0, 0.05) is 12.1 Å². The van der Waals surface area contributed by atoms with Gasteiger partial charge in [0.15, 0.2) is 5.34 Å². The molecule has 0 bridgehead atoms. The highest BCUT2D eigenvalue weighted by Gasteiger charge is 2.00. The predicted octanol–water partition coefficient (Wildman–Crippen LogP) is 2.47. The molecular formula is C7H7FN2O. The van der Waals surface area contributed by atoms with Gasteiger partial charge in [-0.25, -0.2) is 0 Å². The van der Waals surface area contributed by atoms with E-state index in [9.17, 15) is 9.69 Å². The van der Waals surface area contributed by atoms with E-state index in [-0.39, 0.29) is 10.5 Å². The van der Waals surface area contributed by atoms with Crippen LogP contribution in [-0.4, -0.2) is 4.86 Å². The molecule has 1 aromatic rings. The minimum Gasteiger partial charge on any atom is -0.592 e. The van der Waals surface area contributed by atoms with Crippen LogP contribution in [0.3, 0.4) is 0 Å². The molecule has 0 N–H and O–H groups in total. The van der Waals surface area contributed by atoms with Crippen LogP contribution in [0.2, 0.25) is 0 Å². The molecule has 1 aromatic carbocycles. The van der Waals surface area contributed by atoms with Gasteiger partial charge in [-0.05, 0) is 16.3 Å².